The number of nitrogens with one attached hydrogen (secondary N) is 1. The van der Waals surface area contributed by atoms with E-state index in [4.69, 9.17) is 0 Å². The third kappa shape index (κ3) is 4.41. The molecule has 38 heavy (non-hydrogen) atoms. The Morgan fingerprint density at radius 1 is 1.24 bits per heavy atom. The van der Waals surface area contributed by atoms with Crippen LogP contribution in [-0.4, -0.2) is 73.4 Å². The van der Waals surface area contributed by atoms with Gasteiger partial charge in [-0.2, -0.15) is 5.10 Å². The van der Waals surface area contributed by atoms with Crippen LogP contribution in [0.3, 0.4) is 0 Å². The van der Waals surface area contributed by atoms with Gasteiger partial charge in [-0.3, -0.25) is 9.69 Å². The Bertz CT molecular complexity index is 1500. The summed E-state index contributed by atoms with van der Waals surface area (Å²) in [6, 6.07) is 4.45. The van der Waals surface area contributed by atoms with E-state index < -0.39 is 5.92 Å². The molecule has 0 radical (unpaired) electrons. The Labute approximate surface area is 224 Å². The molecule has 0 atom stereocenters. The molecule has 5 heterocycles. The highest BCUT2D eigenvalue weighted by molar-refractivity contribution is 7.21. The van der Waals surface area contributed by atoms with Gasteiger partial charge >= 0.3 is 0 Å². The number of hydrogen-bond donors (Lipinski definition) is 1. The summed E-state index contributed by atoms with van der Waals surface area (Å²) < 4.78 is 30.3. The molecule has 202 valence electrons. The number of thiophene rings is 1. The molecule has 1 aliphatic heterocycles. The van der Waals surface area contributed by atoms with Crippen LogP contribution in [0.2, 0.25) is 0 Å². The number of carbonyl (C=O) groups excluding carboxylic acids is 1. The van der Waals surface area contributed by atoms with Gasteiger partial charge in [0.15, 0.2) is 5.65 Å². The molecule has 2 fully saturated rings. The minimum Gasteiger partial charge on any atom is -0.354 e. The van der Waals surface area contributed by atoms with Crippen LogP contribution in [0.1, 0.15) is 72.7 Å². The van der Waals surface area contributed by atoms with Gasteiger partial charge in [-0.25, -0.2) is 18.3 Å². The molecule has 7 nitrogen and oxygen atoms in total. The molecular formula is C28H34F2N6OS. The standard InChI is InChI=1S/C28H34F2N6OS/c1-16(2)23-24(18-11-17(3)26-31-15-32-36(26)13-18)33-21-12-22(38-25(21)23)27(37)34(4)19-5-7-20(8-6-19)35-10-9-28(29,30)14-35/h11-13,15-16,19-20,33H,5-10,14H2,1-4H3. The molecule has 1 saturated heterocycles. The van der Waals surface area contributed by atoms with Crippen LogP contribution in [0.4, 0.5) is 8.78 Å². The number of aromatic nitrogens is 4. The SMILES string of the molecule is Cc1cc(-c2[nH]c3cc(C(=O)N(C)C4CCC(N5CCC(F)(F)C5)CC4)sc3c2C(C)C)cn2ncnc12. The topological polar surface area (TPSA) is 69.5 Å². The van der Waals surface area contributed by atoms with Gasteiger partial charge in [-0.15, -0.1) is 11.3 Å². The Morgan fingerprint density at radius 2 is 2.00 bits per heavy atom. The number of carbonyl (C=O) groups is 1. The lowest BCUT2D eigenvalue weighted by Gasteiger charge is -2.38. The first-order valence-electron chi connectivity index (χ1n) is 13.5. The highest BCUT2D eigenvalue weighted by Gasteiger charge is 2.42. The largest absolute Gasteiger partial charge is 0.354 e. The maximum absolute atomic E-state index is 13.7. The van der Waals surface area contributed by atoms with Gasteiger partial charge in [0.2, 0.25) is 0 Å². The number of aromatic amines is 1. The van der Waals surface area contributed by atoms with Crippen molar-refractivity contribution < 1.29 is 13.6 Å². The molecule has 6 rings (SSSR count). The molecule has 0 aromatic carbocycles. The Balaban J connectivity index is 1.21. The summed E-state index contributed by atoms with van der Waals surface area (Å²) in [5, 5.41) is 4.32. The number of fused-ring (bicyclic) bond motifs is 2. The van der Waals surface area contributed by atoms with Gasteiger partial charge in [0.1, 0.15) is 6.33 Å². The van der Waals surface area contributed by atoms with Gasteiger partial charge in [0.05, 0.1) is 27.3 Å². The average molecular weight is 541 g/mol. The number of nitrogens with zero attached hydrogens (tertiary/aromatic N) is 5. The Hall–Kier alpha value is -2.85. The lowest BCUT2D eigenvalue weighted by Crippen LogP contribution is -2.44. The van der Waals surface area contributed by atoms with Crippen LogP contribution in [0.15, 0.2) is 24.7 Å². The molecule has 0 bridgehead atoms. The first kappa shape index (κ1) is 25.4. The summed E-state index contributed by atoms with van der Waals surface area (Å²) in [7, 11) is 1.89. The zero-order valence-electron chi connectivity index (χ0n) is 22.3. The van der Waals surface area contributed by atoms with E-state index in [0.29, 0.717) is 6.54 Å². The van der Waals surface area contributed by atoms with Crippen LogP contribution in [0.5, 0.6) is 0 Å². The molecule has 1 aliphatic carbocycles. The van der Waals surface area contributed by atoms with Crippen LogP contribution in [0, 0.1) is 6.92 Å². The molecule has 4 aromatic rings. The smallest absolute Gasteiger partial charge is 0.264 e. The Morgan fingerprint density at radius 3 is 2.68 bits per heavy atom. The number of hydrogen-bond acceptors (Lipinski definition) is 5. The second-order valence-corrected chi connectivity index (χ2v) is 12.4. The number of H-pyrrole nitrogens is 1. The normalized spacial score (nSPS) is 22.2. The molecule has 4 aromatic heterocycles. The fraction of sp³-hybridized carbons (Fsp3) is 0.536. The third-order valence-electron chi connectivity index (χ3n) is 8.39. The van der Waals surface area contributed by atoms with Crippen molar-refractivity contribution in [2.24, 2.45) is 0 Å². The van der Waals surface area contributed by atoms with Crippen molar-refractivity contribution in [2.75, 3.05) is 20.1 Å². The number of halogens is 2. The van der Waals surface area contributed by atoms with Crippen molar-refractivity contribution in [3.05, 3.63) is 40.7 Å². The average Bonchev–Trinajstić information content (AvgIpc) is 3.65. The summed E-state index contributed by atoms with van der Waals surface area (Å²) in [5.41, 5.74) is 6.17. The highest BCUT2D eigenvalue weighted by atomic mass is 32.1. The molecule has 1 amide bonds. The van der Waals surface area contributed by atoms with Crippen molar-refractivity contribution in [3.8, 4) is 11.3 Å². The molecular weight excluding hydrogens is 506 g/mol. The summed E-state index contributed by atoms with van der Waals surface area (Å²) in [6.45, 7) is 6.74. The maximum Gasteiger partial charge on any atom is 0.264 e. The van der Waals surface area contributed by atoms with Crippen LogP contribution >= 0.6 is 11.3 Å². The van der Waals surface area contributed by atoms with E-state index in [1.165, 1.54) is 5.56 Å². The predicted molar refractivity (Wildman–Crippen MR) is 146 cm³/mol. The van der Waals surface area contributed by atoms with E-state index in [0.717, 1.165) is 63.2 Å². The van der Waals surface area contributed by atoms with E-state index in [9.17, 15) is 13.6 Å². The van der Waals surface area contributed by atoms with Gasteiger partial charge in [-0.1, -0.05) is 13.8 Å². The van der Waals surface area contributed by atoms with E-state index >= 15 is 0 Å². The summed E-state index contributed by atoms with van der Waals surface area (Å²) in [5.74, 6) is -2.26. The molecule has 1 saturated carbocycles. The van der Waals surface area contributed by atoms with E-state index in [2.05, 4.69) is 35.0 Å². The highest BCUT2D eigenvalue weighted by Crippen LogP contribution is 2.41. The van der Waals surface area contributed by atoms with Gasteiger partial charge in [0.25, 0.3) is 11.8 Å². The molecule has 0 spiro atoms. The van der Waals surface area contributed by atoms with Crippen molar-refractivity contribution in [1.29, 1.82) is 0 Å². The molecule has 2 aliphatic rings. The number of rotatable bonds is 5. The number of aryl methyl sites for hydroxylation is 1. The van der Waals surface area contributed by atoms with Gasteiger partial charge in [-0.05, 0) is 61.8 Å². The van der Waals surface area contributed by atoms with Gasteiger partial charge < -0.3 is 9.88 Å². The summed E-state index contributed by atoms with van der Waals surface area (Å²) in [6.07, 6.45) is 6.95. The van der Waals surface area contributed by atoms with Crippen molar-refractivity contribution in [2.45, 2.75) is 76.8 Å². The van der Waals surface area contributed by atoms with E-state index in [-0.39, 0.29) is 36.9 Å². The monoisotopic (exact) mass is 540 g/mol. The quantitative estimate of drug-likeness (QED) is 0.332. The second-order valence-electron chi connectivity index (χ2n) is 11.3. The number of likely N-dealkylation sites (tertiary alicyclic amines) is 1. The molecule has 1 N–H and O–H groups in total. The second kappa shape index (κ2) is 9.41. The number of pyridine rings is 1. The van der Waals surface area contributed by atoms with Crippen molar-refractivity contribution >= 4 is 33.1 Å². The minimum absolute atomic E-state index is 0.0342. The van der Waals surface area contributed by atoms with Crippen LogP contribution < -0.4 is 0 Å². The lowest BCUT2D eigenvalue weighted by atomic mass is 9.89. The predicted octanol–water partition coefficient (Wildman–Crippen LogP) is 6.10. The van der Waals surface area contributed by atoms with E-state index in [1.807, 2.05) is 36.0 Å². The Kier molecular flexibility index (Phi) is 6.30. The van der Waals surface area contributed by atoms with E-state index in [1.54, 1.807) is 22.2 Å². The number of alkyl halides is 2. The third-order valence-corrected chi connectivity index (χ3v) is 9.55. The van der Waals surface area contributed by atoms with Crippen molar-refractivity contribution in [3.63, 3.8) is 0 Å². The maximum atomic E-state index is 13.7. The molecule has 10 heteroatoms. The fourth-order valence-corrected chi connectivity index (χ4v) is 7.63. The first-order valence-corrected chi connectivity index (χ1v) is 14.3. The summed E-state index contributed by atoms with van der Waals surface area (Å²) >= 11 is 1.55. The van der Waals surface area contributed by atoms with Crippen LogP contribution in [0.25, 0.3) is 27.1 Å². The van der Waals surface area contributed by atoms with Crippen molar-refractivity contribution in [1.82, 2.24) is 29.4 Å². The zero-order valence-corrected chi connectivity index (χ0v) is 23.1. The summed E-state index contributed by atoms with van der Waals surface area (Å²) in [4.78, 5) is 26.0. The first-order chi connectivity index (χ1) is 18.1. The van der Waals surface area contributed by atoms with Crippen LogP contribution in [-0.2, 0) is 0 Å². The molecule has 0 unspecified atom stereocenters. The fourth-order valence-electron chi connectivity index (χ4n) is 6.34. The number of amides is 1. The van der Waals surface area contributed by atoms with Gasteiger partial charge in [0, 0.05) is 43.9 Å². The minimum atomic E-state index is -2.55. The lowest BCUT2D eigenvalue weighted by molar-refractivity contribution is 0.00391. The zero-order chi connectivity index (χ0) is 26.8.